The molecule has 0 bridgehead atoms. The third-order valence-corrected chi connectivity index (χ3v) is 3.22. The van der Waals surface area contributed by atoms with Crippen LogP contribution in [0.4, 0.5) is 18.0 Å². The Balaban J connectivity index is 2.31. The largest absolute Gasteiger partial charge is 0.444 e. The summed E-state index contributed by atoms with van der Waals surface area (Å²) < 4.78 is 43.4. The summed E-state index contributed by atoms with van der Waals surface area (Å²) in [4.78, 5) is 16.3. The molecule has 0 saturated heterocycles. The van der Waals surface area contributed by atoms with Crippen LogP contribution in [0.3, 0.4) is 0 Å². The average molecular weight is 352 g/mol. The van der Waals surface area contributed by atoms with Crippen molar-refractivity contribution in [2.45, 2.75) is 38.6 Å². The molecule has 134 valence electrons. The minimum Gasteiger partial charge on any atom is -0.444 e. The van der Waals surface area contributed by atoms with Crippen LogP contribution in [0, 0.1) is 0 Å². The average Bonchev–Trinajstić information content (AvgIpc) is 2.51. The zero-order valence-electron chi connectivity index (χ0n) is 14.1. The molecular weight excluding hydrogens is 333 g/mol. The molecule has 2 rings (SSSR count). The van der Waals surface area contributed by atoms with E-state index in [1.54, 1.807) is 45.2 Å². The van der Waals surface area contributed by atoms with Gasteiger partial charge in [0.25, 0.3) is 0 Å². The molecule has 0 aliphatic rings. The number of alkyl carbamates (subject to hydrolysis) is 1. The van der Waals surface area contributed by atoms with E-state index in [0.717, 1.165) is 12.1 Å². The van der Waals surface area contributed by atoms with Gasteiger partial charge in [0.2, 0.25) is 0 Å². The molecule has 1 atom stereocenters. The summed E-state index contributed by atoms with van der Waals surface area (Å²) in [6.07, 6.45) is -3.55. The molecule has 0 aliphatic heterocycles. The summed E-state index contributed by atoms with van der Waals surface area (Å²) in [6.45, 7) is 5.17. The van der Waals surface area contributed by atoms with Crippen molar-refractivity contribution in [2.24, 2.45) is 0 Å². The standard InChI is InChI=1S/C18H19F3N2O2/c1-17(2,3)25-16(24)23-15(14-6-4-5-11-22-14)12-7-9-13(10-8-12)18(19,20)21/h4-11,15H,1-3H3,(H,23,24)/t15-/m0/s1. The van der Waals surface area contributed by atoms with E-state index in [1.165, 1.54) is 12.1 Å². The second-order valence-electron chi connectivity index (χ2n) is 6.45. The Bertz CT molecular complexity index is 708. The predicted molar refractivity (Wildman–Crippen MR) is 86.9 cm³/mol. The number of halogens is 3. The fraction of sp³-hybridized carbons (Fsp3) is 0.333. The summed E-state index contributed by atoms with van der Waals surface area (Å²) >= 11 is 0. The van der Waals surface area contributed by atoms with E-state index in [0.29, 0.717) is 11.3 Å². The smallest absolute Gasteiger partial charge is 0.416 e. The van der Waals surface area contributed by atoms with Crippen LogP contribution in [-0.4, -0.2) is 16.7 Å². The number of carbonyl (C=O) groups is 1. The van der Waals surface area contributed by atoms with Gasteiger partial charge < -0.3 is 10.1 Å². The van der Waals surface area contributed by atoms with Crippen LogP contribution in [-0.2, 0) is 10.9 Å². The normalized spacial score (nSPS) is 13.2. The number of ether oxygens (including phenoxy) is 1. The van der Waals surface area contributed by atoms with Crippen molar-refractivity contribution >= 4 is 6.09 Å². The number of nitrogens with one attached hydrogen (secondary N) is 1. The SMILES string of the molecule is CC(C)(C)OC(=O)N[C@@H](c1ccc(C(F)(F)F)cc1)c1ccccn1. The minimum atomic E-state index is -4.42. The van der Waals surface area contributed by atoms with E-state index < -0.39 is 29.5 Å². The van der Waals surface area contributed by atoms with Gasteiger partial charge in [-0.05, 0) is 50.6 Å². The molecule has 0 aliphatic carbocycles. The first-order valence-electron chi connectivity index (χ1n) is 7.64. The van der Waals surface area contributed by atoms with Crippen LogP contribution in [0.15, 0.2) is 48.7 Å². The molecular formula is C18H19F3N2O2. The van der Waals surface area contributed by atoms with Gasteiger partial charge >= 0.3 is 12.3 Å². The summed E-state index contributed by atoms with van der Waals surface area (Å²) in [5, 5.41) is 2.66. The van der Waals surface area contributed by atoms with Crippen molar-refractivity contribution in [3.8, 4) is 0 Å². The lowest BCUT2D eigenvalue weighted by Crippen LogP contribution is -2.35. The molecule has 1 N–H and O–H groups in total. The number of aromatic nitrogens is 1. The maximum Gasteiger partial charge on any atom is 0.416 e. The Morgan fingerprint density at radius 2 is 1.72 bits per heavy atom. The number of pyridine rings is 1. The van der Waals surface area contributed by atoms with Crippen molar-refractivity contribution in [1.29, 1.82) is 0 Å². The highest BCUT2D eigenvalue weighted by atomic mass is 19.4. The minimum absolute atomic E-state index is 0.470. The van der Waals surface area contributed by atoms with Crippen LogP contribution in [0.1, 0.15) is 43.6 Å². The van der Waals surface area contributed by atoms with Crippen molar-refractivity contribution in [2.75, 3.05) is 0 Å². The van der Waals surface area contributed by atoms with E-state index in [4.69, 9.17) is 4.74 Å². The van der Waals surface area contributed by atoms with Gasteiger partial charge in [0.1, 0.15) is 5.60 Å². The van der Waals surface area contributed by atoms with Gasteiger partial charge in [-0.15, -0.1) is 0 Å². The first-order valence-corrected chi connectivity index (χ1v) is 7.64. The van der Waals surface area contributed by atoms with E-state index >= 15 is 0 Å². The number of hydrogen-bond donors (Lipinski definition) is 1. The molecule has 2 aromatic rings. The molecule has 1 aromatic carbocycles. The van der Waals surface area contributed by atoms with Gasteiger partial charge in [-0.3, -0.25) is 4.98 Å². The number of rotatable bonds is 3. The van der Waals surface area contributed by atoms with Gasteiger partial charge in [0, 0.05) is 6.20 Å². The van der Waals surface area contributed by atoms with Crippen LogP contribution in [0.2, 0.25) is 0 Å². The maximum atomic E-state index is 12.7. The Kier molecular flexibility index (Phi) is 5.35. The third-order valence-electron chi connectivity index (χ3n) is 3.22. The monoisotopic (exact) mass is 352 g/mol. The van der Waals surface area contributed by atoms with Crippen molar-refractivity contribution in [1.82, 2.24) is 10.3 Å². The van der Waals surface area contributed by atoms with Gasteiger partial charge in [-0.25, -0.2) is 4.79 Å². The Morgan fingerprint density at radius 1 is 1.08 bits per heavy atom. The highest BCUT2D eigenvalue weighted by Gasteiger charge is 2.30. The molecule has 0 fully saturated rings. The lowest BCUT2D eigenvalue weighted by atomic mass is 10.0. The highest BCUT2D eigenvalue weighted by Crippen LogP contribution is 2.30. The number of nitrogens with zero attached hydrogens (tertiary/aromatic N) is 1. The zero-order valence-corrected chi connectivity index (χ0v) is 14.1. The fourth-order valence-corrected chi connectivity index (χ4v) is 2.16. The van der Waals surface area contributed by atoms with Crippen molar-refractivity contribution in [3.63, 3.8) is 0 Å². The molecule has 0 spiro atoms. The van der Waals surface area contributed by atoms with Crippen LogP contribution < -0.4 is 5.32 Å². The van der Waals surface area contributed by atoms with Gasteiger partial charge in [-0.1, -0.05) is 18.2 Å². The Hall–Kier alpha value is -2.57. The number of carbonyl (C=O) groups excluding carboxylic acids is 1. The Labute approximate surface area is 144 Å². The van der Waals surface area contributed by atoms with Crippen molar-refractivity contribution < 1.29 is 22.7 Å². The molecule has 0 unspecified atom stereocenters. The first-order chi connectivity index (χ1) is 11.6. The van der Waals surface area contributed by atoms with Crippen molar-refractivity contribution in [3.05, 3.63) is 65.5 Å². The quantitative estimate of drug-likeness (QED) is 0.870. The van der Waals surface area contributed by atoms with E-state index in [1.807, 2.05) is 0 Å². The lowest BCUT2D eigenvalue weighted by molar-refractivity contribution is -0.137. The van der Waals surface area contributed by atoms with Crippen LogP contribution in [0.25, 0.3) is 0 Å². The zero-order chi connectivity index (χ0) is 18.7. The third kappa shape index (κ3) is 5.48. The molecule has 0 radical (unpaired) electrons. The van der Waals surface area contributed by atoms with E-state index in [-0.39, 0.29) is 0 Å². The highest BCUT2D eigenvalue weighted by molar-refractivity contribution is 5.69. The summed E-state index contributed by atoms with van der Waals surface area (Å²) in [6, 6.07) is 8.98. The lowest BCUT2D eigenvalue weighted by Gasteiger charge is -2.24. The summed E-state index contributed by atoms with van der Waals surface area (Å²) in [5.74, 6) is 0. The number of benzene rings is 1. The molecule has 7 heteroatoms. The summed E-state index contributed by atoms with van der Waals surface area (Å²) in [7, 11) is 0. The molecule has 1 heterocycles. The summed E-state index contributed by atoms with van der Waals surface area (Å²) in [5.41, 5.74) is -0.488. The molecule has 0 saturated carbocycles. The Morgan fingerprint density at radius 3 is 2.20 bits per heavy atom. The van der Waals surface area contributed by atoms with Crippen LogP contribution in [0.5, 0.6) is 0 Å². The van der Waals surface area contributed by atoms with Crippen LogP contribution >= 0.6 is 0 Å². The van der Waals surface area contributed by atoms with Gasteiger partial charge in [-0.2, -0.15) is 13.2 Å². The molecule has 1 aromatic heterocycles. The van der Waals surface area contributed by atoms with E-state index in [2.05, 4.69) is 10.3 Å². The topological polar surface area (TPSA) is 51.2 Å². The van der Waals surface area contributed by atoms with Gasteiger partial charge in [0.05, 0.1) is 17.3 Å². The number of hydrogen-bond acceptors (Lipinski definition) is 3. The second kappa shape index (κ2) is 7.13. The first kappa shape index (κ1) is 18.8. The molecule has 25 heavy (non-hydrogen) atoms. The predicted octanol–water partition coefficient (Wildman–Crippen LogP) is 4.71. The molecule has 4 nitrogen and oxygen atoms in total. The fourth-order valence-electron chi connectivity index (χ4n) is 2.16. The maximum absolute atomic E-state index is 12.7. The van der Waals surface area contributed by atoms with E-state index in [9.17, 15) is 18.0 Å². The molecule has 1 amide bonds. The number of amides is 1. The second-order valence-corrected chi connectivity index (χ2v) is 6.45. The van der Waals surface area contributed by atoms with Gasteiger partial charge in [0.15, 0.2) is 0 Å². The number of alkyl halides is 3.